The number of benzene rings is 3. The molecule has 1 aliphatic carbocycles. The summed E-state index contributed by atoms with van der Waals surface area (Å²) in [4.78, 5) is 9.35. The van der Waals surface area contributed by atoms with Gasteiger partial charge in [-0.1, -0.05) is 36.4 Å². The molecule has 4 nitrogen and oxygen atoms in total. The van der Waals surface area contributed by atoms with Crippen LogP contribution in [0.5, 0.6) is 0 Å². The highest BCUT2D eigenvalue weighted by molar-refractivity contribution is 6.16. The first-order valence-corrected chi connectivity index (χ1v) is 9.60. The van der Waals surface area contributed by atoms with E-state index in [0.29, 0.717) is 0 Å². The number of nitrogens with one attached hydrogen (secondary N) is 1. The Bertz CT molecular complexity index is 1110. The Hall–Kier alpha value is -3.27. The molecule has 3 aromatic carbocycles. The number of anilines is 3. The molecule has 140 valence electrons. The molecular formula is C24H24N4. The molecule has 0 aromatic heterocycles. The van der Waals surface area contributed by atoms with Crippen LogP contribution in [0.15, 0.2) is 71.7 Å². The summed E-state index contributed by atoms with van der Waals surface area (Å²) in [6.07, 6.45) is 4.44. The van der Waals surface area contributed by atoms with Crippen molar-refractivity contribution in [2.24, 2.45) is 4.99 Å². The van der Waals surface area contributed by atoms with Crippen molar-refractivity contribution < 1.29 is 0 Å². The fourth-order valence-electron chi connectivity index (χ4n) is 4.94. The number of rotatable bonds is 1. The molecule has 3 aromatic rings. The minimum atomic E-state index is -0.418. The van der Waals surface area contributed by atoms with E-state index in [9.17, 15) is 0 Å². The molecule has 0 radical (unpaired) electrons. The molecule has 0 fully saturated rings. The quantitative estimate of drug-likeness (QED) is 0.680. The number of aliphatic imine (C=N–C) groups is 1. The standard InChI is InChI=1S/C24H24N4/c1-25-18-11-7-10-17-23(18)19(26-2)14-15-24(17)27(3)20-12-5-8-16-9-6-13-21(22(16)20)28(24)4/h5-15,25H,1-4H3. The van der Waals surface area contributed by atoms with Crippen LogP contribution in [0.4, 0.5) is 17.1 Å². The zero-order valence-electron chi connectivity index (χ0n) is 16.7. The first-order chi connectivity index (χ1) is 13.6. The molecule has 28 heavy (non-hydrogen) atoms. The molecule has 0 bridgehead atoms. The maximum atomic E-state index is 4.56. The summed E-state index contributed by atoms with van der Waals surface area (Å²) in [7, 11) is 8.21. The molecule has 4 heteroatoms. The van der Waals surface area contributed by atoms with Gasteiger partial charge in [-0.2, -0.15) is 0 Å². The van der Waals surface area contributed by atoms with Gasteiger partial charge in [0.1, 0.15) is 0 Å². The maximum absolute atomic E-state index is 4.56. The predicted octanol–water partition coefficient (Wildman–Crippen LogP) is 4.61. The van der Waals surface area contributed by atoms with Gasteiger partial charge in [0.15, 0.2) is 5.66 Å². The third-order valence-corrected chi connectivity index (χ3v) is 6.31. The van der Waals surface area contributed by atoms with E-state index in [4.69, 9.17) is 0 Å². The summed E-state index contributed by atoms with van der Waals surface area (Å²) in [6.45, 7) is 0. The van der Waals surface area contributed by atoms with Gasteiger partial charge in [0.25, 0.3) is 0 Å². The van der Waals surface area contributed by atoms with Gasteiger partial charge in [-0.3, -0.25) is 4.99 Å². The second-order valence-corrected chi connectivity index (χ2v) is 7.42. The molecule has 0 atom stereocenters. The van der Waals surface area contributed by atoms with Gasteiger partial charge in [0.2, 0.25) is 0 Å². The largest absolute Gasteiger partial charge is 0.388 e. The van der Waals surface area contributed by atoms with E-state index >= 15 is 0 Å². The lowest BCUT2D eigenvalue weighted by atomic mass is 9.81. The normalized spacial score (nSPS) is 18.1. The molecule has 1 N–H and O–H groups in total. The van der Waals surface area contributed by atoms with Gasteiger partial charge >= 0.3 is 0 Å². The van der Waals surface area contributed by atoms with Crippen LogP contribution in [-0.2, 0) is 5.66 Å². The van der Waals surface area contributed by atoms with E-state index in [2.05, 4.69) is 101 Å². The zero-order chi connectivity index (χ0) is 19.5. The van der Waals surface area contributed by atoms with E-state index in [-0.39, 0.29) is 0 Å². The number of nitrogens with zero attached hydrogens (tertiary/aromatic N) is 3. The minimum absolute atomic E-state index is 0.418. The number of likely N-dealkylation sites (N-methyl/N-ethyl adjacent to an activating group) is 2. The van der Waals surface area contributed by atoms with Gasteiger partial charge in [0, 0.05) is 61.8 Å². The zero-order valence-corrected chi connectivity index (χ0v) is 16.7. The minimum Gasteiger partial charge on any atom is -0.388 e. The fraction of sp³-hybridized carbons (Fsp3) is 0.208. The van der Waals surface area contributed by atoms with Crippen molar-refractivity contribution in [3.63, 3.8) is 0 Å². The Morgan fingerprint density at radius 1 is 0.893 bits per heavy atom. The SMILES string of the molecule is CN=C1C=CC2(c3cccc(NC)c31)N(C)c1cccc3cccc(c13)N2C. The van der Waals surface area contributed by atoms with E-state index in [0.717, 1.165) is 11.4 Å². The summed E-state index contributed by atoms with van der Waals surface area (Å²) < 4.78 is 0. The van der Waals surface area contributed by atoms with Crippen LogP contribution >= 0.6 is 0 Å². The maximum Gasteiger partial charge on any atom is 0.159 e. The number of allylic oxidation sites excluding steroid dienone is 1. The van der Waals surface area contributed by atoms with Crippen LogP contribution in [0.25, 0.3) is 10.8 Å². The van der Waals surface area contributed by atoms with Crippen molar-refractivity contribution in [2.45, 2.75) is 5.66 Å². The van der Waals surface area contributed by atoms with E-state index in [1.165, 1.54) is 33.3 Å². The number of fused-ring (bicyclic) bond motifs is 2. The van der Waals surface area contributed by atoms with E-state index in [1.807, 2.05) is 14.1 Å². The molecule has 2 aliphatic rings. The second kappa shape index (κ2) is 5.86. The molecular weight excluding hydrogens is 344 g/mol. The highest BCUT2D eigenvalue weighted by Crippen LogP contribution is 2.51. The first-order valence-electron chi connectivity index (χ1n) is 9.60. The summed E-state index contributed by atoms with van der Waals surface area (Å²) >= 11 is 0. The van der Waals surface area contributed by atoms with Crippen molar-refractivity contribution in [3.8, 4) is 0 Å². The van der Waals surface area contributed by atoms with Crippen LogP contribution in [-0.4, -0.2) is 33.9 Å². The third kappa shape index (κ3) is 1.92. The summed E-state index contributed by atoms with van der Waals surface area (Å²) in [5, 5.41) is 5.93. The van der Waals surface area contributed by atoms with Gasteiger partial charge < -0.3 is 15.1 Å². The Kier molecular flexibility index (Phi) is 3.53. The first kappa shape index (κ1) is 16.9. The number of hydrogen-bond donors (Lipinski definition) is 1. The average molecular weight is 368 g/mol. The van der Waals surface area contributed by atoms with Crippen molar-refractivity contribution in [2.75, 3.05) is 43.3 Å². The summed E-state index contributed by atoms with van der Waals surface area (Å²) in [6, 6.07) is 19.6. The van der Waals surface area contributed by atoms with E-state index in [1.54, 1.807) is 0 Å². The lowest BCUT2D eigenvalue weighted by Crippen LogP contribution is -2.58. The highest BCUT2D eigenvalue weighted by atomic mass is 15.4. The van der Waals surface area contributed by atoms with Crippen LogP contribution < -0.4 is 15.1 Å². The van der Waals surface area contributed by atoms with Crippen LogP contribution in [0.2, 0.25) is 0 Å². The second-order valence-electron chi connectivity index (χ2n) is 7.42. The van der Waals surface area contributed by atoms with Crippen molar-refractivity contribution >= 4 is 33.5 Å². The average Bonchev–Trinajstić information content (AvgIpc) is 2.75. The smallest absolute Gasteiger partial charge is 0.159 e. The van der Waals surface area contributed by atoms with Gasteiger partial charge in [0.05, 0.1) is 5.71 Å². The van der Waals surface area contributed by atoms with Gasteiger partial charge in [-0.05, 0) is 35.7 Å². The van der Waals surface area contributed by atoms with Crippen molar-refractivity contribution in [1.29, 1.82) is 0 Å². The fourth-order valence-corrected chi connectivity index (χ4v) is 4.94. The Labute approximate surface area is 165 Å². The Balaban J connectivity index is 1.87. The molecule has 1 heterocycles. The van der Waals surface area contributed by atoms with E-state index < -0.39 is 5.66 Å². The van der Waals surface area contributed by atoms with Crippen LogP contribution in [0.3, 0.4) is 0 Å². The van der Waals surface area contributed by atoms with Gasteiger partial charge in [-0.25, -0.2) is 0 Å². The van der Waals surface area contributed by atoms with Crippen LogP contribution in [0, 0.1) is 0 Å². The van der Waals surface area contributed by atoms with Crippen LogP contribution in [0.1, 0.15) is 11.1 Å². The van der Waals surface area contributed by atoms with Crippen molar-refractivity contribution in [3.05, 3.63) is 77.9 Å². The molecule has 0 saturated carbocycles. The third-order valence-electron chi connectivity index (χ3n) is 6.31. The Morgan fingerprint density at radius 2 is 1.54 bits per heavy atom. The number of hydrogen-bond acceptors (Lipinski definition) is 4. The summed E-state index contributed by atoms with van der Waals surface area (Å²) in [5.74, 6) is 0. The highest BCUT2D eigenvalue weighted by Gasteiger charge is 2.47. The topological polar surface area (TPSA) is 30.9 Å². The van der Waals surface area contributed by atoms with Crippen molar-refractivity contribution in [1.82, 2.24) is 0 Å². The Morgan fingerprint density at radius 3 is 2.14 bits per heavy atom. The lowest BCUT2D eigenvalue weighted by molar-refractivity contribution is 0.506. The van der Waals surface area contributed by atoms with Gasteiger partial charge in [-0.15, -0.1) is 0 Å². The lowest BCUT2D eigenvalue weighted by Gasteiger charge is -2.54. The predicted molar refractivity (Wildman–Crippen MR) is 120 cm³/mol. The summed E-state index contributed by atoms with van der Waals surface area (Å²) in [5.41, 5.74) is 6.57. The molecule has 5 rings (SSSR count). The molecule has 1 aliphatic heterocycles. The molecule has 0 amide bonds. The molecule has 1 spiro atoms. The molecule has 0 unspecified atom stereocenters. The molecule has 0 saturated heterocycles. The monoisotopic (exact) mass is 368 g/mol.